The Kier molecular flexibility index (Phi) is 4.08. The van der Waals surface area contributed by atoms with Crippen LogP contribution in [0.5, 0.6) is 0 Å². The van der Waals surface area contributed by atoms with Crippen LogP contribution in [0.25, 0.3) is 0 Å². The van der Waals surface area contributed by atoms with E-state index in [9.17, 15) is 10.1 Å². The van der Waals surface area contributed by atoms with E-state index in [1.807, 2.05) is 13.0 Å². The third kappa shape index (κ3) is 3.25. The van der Waals surface area contributed by atoms with Crippen molar-refractivity contribution in [2.75, 3.05) is 11.9 Å². The first-order valence-electron chi connectivity index (χ1n) is 7.00. The Morgan fingerprint density at radius 1 is 1.32 bits per heavy atom. The number of hydrogen-bond donors (Lipinski definition) is 1. The Bertz CT molecular complexity index is 465. The predicted octanol–water partition coefficient (Wildman–Crippen LogP) is 4.29. The second kappa shape index (κ2) is 5.59. The third-order valence-corrected chi connectivity index (χ3v) is 4.27. The van der Waals surface area contributed by atoms with Gasteiger partial charge in [-0.1, -0.05) is 32.3 Å². The topological polar surface area (TPSA) is 55.2 Å². The maximum absolute atomic E-state index is 10.9. The van der Waals surface area contributed by atoms with Crippen LogP contribution in [0.4, 0.5) is 11.4 Å². The summed E-state index contributed by atoms with van der Waals surface area (Å²) in [5.74, 6) is 0. The molecule has 0 amide bonds. The highest BCUT2D eigenvalue weighted by Crippen LogP contribution is 2.36. The molecule has 2 rings (SSSR count). The summed E-state index contributed by atoms with van der Waals surface area (Å²) in [7, 11) is 0. The number of rotatable bonds is 4. The van der Waals surface area contributed by atoms with Crippen LogP contribution < -0.4 is 5.32 Å². The lowest BCUT2D eigenvalue weighted by molar-refractivity contribution is -0.385. The van der Waals surface area contributed by atoms with Crippen LogP contribution >= 0.6 is 0 Å². The van der Waals surface area contributed by atoms with E-state index in [1.54, 1.807) is 12.1 Å². The van der Waals surface area contributed by atoms with Crippen LogP contribution in [0.1, 0.15) is 44.6 Å². The zero-order valence-electron chi connectivity index (χ0n) is 11.7. The van der Waals surface area contributed by atoms with Crippen molar-refractivity contribution >= 4 is 11.4 Å². The molecule has 0 bridgehead atoms. The molecule has 1 N–H and O–H groups in total. The number of nitrogens with one attached hydrogen (secondary N) is 1. The molecule has 1 aliphatic carbocycles. The van der Waals surface area contributed by atoms with E-state index >= 15 is 0 Å². The molecule has 4 heteroatoms. The number of hydrogen-bond acceptors (Lipinski definition) is 3. The highest BCUT2D eigenvalue weighted by Gasteiger charge is 2.26. The molecule has 0 saturated heterocycles. The molecule has 0 radical (unpaired) electrons. The van der Waals surface area contributed by atoms with Crippen molar-refractivity contribution in [1.82, 2.24) is 0 Å². The Morgan fingerprint density at radius 2 is 2.00 bits per heavy atom. The molecule has 4 nitrogen and oxygen atoms in total. The summed E-state index contributed by atoms with van der Waals surface area (Å²) in [6.07, 6.45) is 6.42. The van der Waals surface area contributed by atoms with Crippen LogP contribution in [0.3, 0.4) is 0 Å². The van der Waals surface area contributed by atoms with E-state index < -0.39 is 0 Å². The molecule has 0 heterocycles. The second-order valence-electron chi connectivity index (χ2n) is 5.93. The molecule has 0 aliphatic heterocycles. The minimum atomic E-state index is -0.317. The molecule has 1 aromatic carbocycles. The highest BCUT2D eigenvalue weighted by atomic mass is 16.6. The maximum Gasteiger partial charge on any atom is 0.274 e. The van der Waals surface area contributed by atoms with Crippen molar-refractivity contribution in [2.45, 2.75) is 46.0 Å². The second-order valence-corrected chi connectivity index (χ2v) is 5.93. The standard InChI is InChI=1S/C15H22N2O2/c1-12-13(7-6-8-14(12)17(18)19)16-11-15(2)9-4-3-5-10-15/h6-8,16H,3-5,9-11H2,1-2H3. The molecular formula is C15H22N2O2. The number of benzene rings is 1. The molecule has 0 aromatic heterocycles. The van der Waals surface area contributed by atoms with Gasteiger partial charge >= 0.3 is 0 Å². The lowest BCUT2D eigenvalue weighted by Gasteiger charge is -2.34. The van der Waals surface area contributed by atoms with Gasteiger partial charge in [0.1, 0.15) is 0 Å². The first-order chi connectivity index (χ1) is 9.02. The van der Waals surface area contributed by atoms with Gasteiger partial charge in [0.25, 0.3) is 5.69 Å². The molecule has 104 valence electrons. The smallest absolute Gasteiger partial charge is 0.274 e. The predicted molar refractivity (Wildman–Crippen MR) is 77.5 cm³/mol. The molecule has 0 unspecified atom stereocenters. The zero-order chi connectivity index (χ0) is 13.9. The fourth-order valence-electron chi connectivity index (χ4n) is 2.90. The summed E-state index contributed by atoms with van der Waals surface area (Å²) in [5.41, 5.74) is 2.14. The normalized spacial score (nSPS) is 18.0. The number of nitro benzene ring substituents is 1. The summed E-state index contributed by atoms with van der Waals surface area (Å²) in [5, 5.41) is 14.3. The van der Waals surface area contributed by atoms with Crippen LogP contribution in [0, 0.1) is 22.5 Å². The number of nitrogens with zero attached hydrogens (tertiary/aromatic N) is 1. The maximum atomic E-state index is 10.9. The lowest BCUT2D eigenvalue weighted by atomic mass is 9.75. The summed E-state index contributed by atoms with van der Waals surface area (Å²) >= 11 is 0. The summed E-state index contributed by atoms with van der Waals surface area (Å²) in [4.78, 5) is 10.6. The Morgan fingerprint density at radius 3 is 2.63 bits per heavy atom. The van der Waals surface area contributed by atoms with E-state index in [-0.39, 0.29) is 10.6 Å². The van der Waals surface area contributed by atoms with Crippen LogP contribution in [0.2, 0.25) is 0 Å². The van der Waals surface area contributed by atoms with Crippen molar-refractivity contribution in [1.29, 1.82) is 0 Å². The van der Waals surface area contributed by atoms with Crippen LogP contribution in [-0.4, -0.2) is 11.5 Å². The average molecular weight is 262 g/mol. The van der Waals surface area contributed by atoms with Gasteiger partial charge in [-0.2, -0.15) is 0 Å². The van der Waals surface area contributed by atoms with E-state index in [0.29, 0.717) is 5.41 Å². The van der Waals surface area contributed by atoms with Gasteiger partial charge < -0.3 is 5.32 Å². The largest absolute Gasteiger partial charge is 0.384 e. The molecule has 0 spiro atoms. The first kappa shape index (κ1) is 13.8. The minimum absolute atomic E-state index is 0.193. The average Bonchev–Trinajstić information content (AvgIpc) is 2.38. The van der Waals surface area contributed by atoms with Gasteiger partial charge in [0.2, 0.25) is 0 Å². The van der Waals surface area contributed by atoms with Crippen LogP contribution in [0.15, 0.2) is 18.2 Å². The van der Waals surface area contributed by atoms with Gasteiger partial charge in [-0.15, -0.1) is 0 Å². The van der Waals surface area contributed by atoms with E-state index in [0.717, 1.165) is 17.8 Å². The Balaban J connectivity index is 2.07. The SMILES string of the molecule is Cc1c(NCC2(C)CCCCC2)cccc1[N+](=O)[O-]. The van der Waals surface area contributed by atoms with Crippen molar-refractivity contribution in [3.05, 3.63) is 33.9 Å². The summed E-state index contributed by atoms with van der Waals surface area (Å²) in [6, 6.07) is 5.23. The monoisotopic (exact) mass is 262 g/mol. The number of nitro groups is 1. The lowest BCUT2D eigenvalue weighted by Crippen LogP contribution is -2.29. The van der Waals surface area contributed by atoms with Gasteiger partial charge in [0.05, 0.1) is 4.92 Å². The van der Waals surface area contributed by atoms with Gasteiger partial charge in [-0.25, -0.2) is 0 Å². The Labute approximate surface area is 114 Å². The summed E-state index contributed by atoms with van der Waals surface area (Å²) < 4.78 is 0. The molecule has 1 aromatic rings. The van der Waals surface area contributed by atoms with Crippen molar-refractivity contribution in [2.24, 2.45) is 5.41 Å². The van der Waals surface area contributed by atoms with Gasteiger partial charge in [-0.3, -0.25) is 10.1 Å². The molecular weight excluding hydrogens is 240 g/mol. The quantitative estimate of drug-likeness (QED) is 0.650. The van der Waals surface area contributed by atoms with Crippen molar-refractivity contribution in [3.8, 4) is 0 Å². The van der Waals surface area contributed by atoms with E-state index in [4.69, 9.17) is 0 Å². The fraction of sp³-hybridized carbons (Fsp3) is 0.600. The van der Waals surface area contributed by atoms with E-state index in [2.05, 4.69) is 12.2 Å². The zero-order valence-corrected chi connectivity index (χ0v) is 11.7. The summed E-state index contributed by atoms with van der Waals surface area (Å²) in [6.45, 7) is 5.02. The molecule has 1 saturated carbocycles. The fourth-order valence-corrected chi connectivity index (χ4v) is 2.90. The van der Waals surface area contributed by atoms with E-state index in [1.165, 1.54) is 32.1 Å². The van der Waals surface area contributed by atoms with Crippen LogP contribution in [-0.2, 0) is 0 Å². The van der Waals surface area contributed by atoms with Gasteiger partial charge in [0, 0.05) is 23.9 Å². The molecule has 1 fully saturated rings. The third-order valence-electron chi connectivity index (χ3n) is 4.27. The first-order valence-corrected chi connectivity index (χ1v) is 7.00. The highest BCUT2D eigenvalue weighted by molar-refractivity contribution is 5.59. The molecule has 1 aliphatic rings. The minimum Gasteiger partial charge on any atom is -0.384 e. The molecule has 19 heavy (non-hydrogen) atoms. The van der Waals surface area contributed by atoms with Crippen molar-refractivity contribution in [3.63, 3.8) is 0 Å². The van der Waals surface area contributed by atoms with Gasteiger partial charge in [0.15, 0.2) is 0 Å². The Hall–Kier alpha value is -1.58. The van der Waals surface area contributed by atoms with Gasteiger partial charge in [-0.05, 0) is 31.2 Å². The molecule has 0 atom stereocenters. The number of anilines is 1. The van der Waals surface area contributed by atoms with Crippen molar-refractivity contribution < 1.29 is 4.92 Å².